The maximum absolute atomic E-state index is 2.60. The van der Waals surface area contributed by atoms with Crippen LogP contribution in [0.4, 0.5) is 0 Å². The first-order valence-corrected chi connectivity index (χ1v) is 7.47. The Balaban J connectivity index is 2.46. The van der Waals surface area contributed by atoms with E-state index in [1.807, 2.05) is 0 Å². The Bertz CT molecular complexity index is 166. The summed E-state index contributed by atoms with van der Waals surface area (Å²) in [5, 5.41) is 0. The molecule has 0 bridgehead atoms. The third kappa shape index (κ3) is 5.84. The molecule has 1 saturated heterocycles. The van der Waals surface area contributed by atoms with Gasteiger partial charge in [-0.15, -0.1) is 0 Å². The van der Waals surface area contributed by atoms with Crippen LogP contribution in [-0.4, -0.2) is 73.6 Å². The highest BCUT2D eigenvalue weighted by molar-refractivity contribution is 4.67. The quantitative estimate of drug-likeness (QED) is 0.745. The number of hydrogen-bond acceptors (Lipinski definition) is 3. The Hall–Kier alpha value is -0.120. The monoisotopic (exact) mass is 241 g/mol. The van der Waals surface area contributed by atoms with Gasteiger partial charge < -0.3 is 14.7 Å². The summed E-state index contributed by atoms with van der Waals surface area (Å²) in [6.07, 6.45) is 2.72. The van der Waals surface area contributed by atoms with Gasteiger partial charge in [-0.2, -0.15) is 0 Å². The van der Waals surface area contributed by atoms with Crippen LogP contribution in [0, 0.1) is 0 Å². The van der Waals surface area contributed by atoms with Gasteiger partial charge in [-0.05, 0) is 45.6 Å². The van der Waals surface area contributed by atoms with Gasteiger partial charge in [0.05, 0.1) is 0 Å². The van der Waals surface area contributed by atoms with E-state index in [1.165, 1.54) is 71.7 Å². The maximum atomic E-state index is 2.60. The molecule has 0 aliphatic carbocycles. The van der Waals surface area contributed by atoms with Crippen LogP contribution in [0.15, 0.2) is 0 Å². The Morgan fingerprint density at radius 1 is 0.529 bits per heavy atom. The second-order valence-corrected chi connectivity index (χ2v) is 5.01. The summed E-state index contributed by atoms with van der Waals surface area (Å²) in [7, 11) is 0. The van der Waals surface area contributed by atoms with Gasteiger partial charge in [0, 0.05) is 26.2 Å². The van der Waals surface area contributed by atoms with Crippen molar-refractivity contribution in [3.8, 4) is 0 Å². The molecular weight excluding hydrogens is 210 g/mol. The number of hydrogen-bond donors (Lipinski definition) is 0. The zero-order valence-electron chi connectivity index (χ0n) is 12.1. The smallest absolute Gasteiger partial charge is 0.0110 e. The molecule has 0 N–H and O–H groups in total. The SMILES string of the molecule is CCN1CCCCN(CC)CCN(CC)CC1. The van der Waals surface area contributed by atoms with Gasteiger partial charge >= 0.3 is 0 Å². The number of nitrogens with zero attached hydrogens (tertiary/aromatic N) is 3. The Morgan fingerprint density at radius 2 is 0.824 bits per heavy atom. The molecule has 102 valence electrons. The van der Waals surface area contributed by atoms with E-state index >= 15 is 0 Å². The minimum atomic E-state index is 1.19. The second kappa shape index (κ2) is 8.90. The van der Waals surface area contributed by atoms with Crippen LogP contribution in [-0.2, 0) is 0 Å². The summed E-state index contributed by atoms with van der Waals surface area (Å²) < 4.78 is 0. The zero-order valence-corrected chi connectivity index (χ0v) is 12.1. The molecular formula is C14H31N3. The summed E-state index contributed by atoms with van der Waals surface area (Å²) in [6.45, 7) is 18.0. The molecule has 1 aliphatic rings. The van der Waals surface area contributed by atoms with E-state index in [0.29, 0.717) is 0 Å². The molecule has 0 amide bonds. The minimum absolute atomic E-state index is 1.19. The summed E-state index contributed by atoms with van der Waals surface area (Å²) in [6, 6.07) is 0. The molecule has 0 aromatic heterocycles. The molecule has 0 spiro atoms. The van der Waals surface area contributed by atoms with E-state index in [4.69, 9.17) is 0 Å². The van der Waals surface area contributed by atoms with E-state index in [0.717, 1.165) is 0 Å². The lowest BCUT2D eigenvalue weighted by molar-refractivity contribution is 0.198. The fourth-order valence-electron chi connectivity index (χ4n) is 2.52. The van der Waals surface area contributed by atoms with Crippen molar-refractivity contribution in [3.63, 3.8) is 0 Å². The van der Waals surface area contributed by atoms with Gasteiger partial charge in [0.15, 0.2) is 0 Å². The number of rotatable bonds is 3. The Morgan fingerprint density at radius 3 is 1.12 bits per heavy atom. The fourth-order valence-corrected chi connectivity index (χ4v) is 2.52. The van der Waals surface area contributed by atoms with Gasteiger partial charge in [0.1, 0.15) is 0 Å². The summed E-state index contributed by atoms with van der Waals surface area (Å²) in [5.41, 5.74) is 0. The van der Waals surface area contributed by atoms with Gasteiger partial charge in [-0.3, -0.25) is 0 Å². The normalized spacial score (nSPS) is 23.5. The first kappa shape index (κ1) is 14.9. The molecule has 0 atom stereocenters. The van der Waals surface area contributed by atoms with Crippen molar-refractivity contribution in [2.24, 2.45) is 0 Å². The molecule has 0 aromatic rings. The van der Waals surface area contributed by atoms with Gasteiger partial charge in [-0.25, -0.2) is 0 Å². The van der Waals surface area contributed by atoms with Crippen molar-refractivity contribution >= 4 is 0 Å². The molecule has 1 heterocycles. The molecule has 1 rings (SSSR count). The molecule has 0 saturated carbocycles. The summed E-state index contributed by atoms with van der Waals surface area (Å²) in [4.78, 5) is 7.80. The topological polar surface area (TPSA) is 9.72 Å². The third-order valence-corrected chi connectivity index (χ3v) is 4.01. The highest BCUT2D eigenvalue weighted by atomic mass is 15.2. The van der Waals surface area contributed by atoms with E-state index in [1.54, 1.807) is 0 Å². The molecule has 0 unspecified atom stereocenters. The molecule has 3 nitrogen and oxygen atoms in total. The second-order valence-electron chi connectivity index (χ2n) is 5.01. The van der Waals surface area contributed by atoms with E-state index in [2.05, 4.69) is 35.5 Å². The van der Waals surface area contributed by atoms with Crippen LogP contribution in [0.3, 0.4) is 0 Å². The Kier molecular flexibility index (Phi) is 7.82. The predicted molar refractivity (Wildman–Crippen MR) is 75.6 cm³/mol. The third-order valence-electron chi connectivity index (χ3n) is 4.01. The van der Waals surface area contributed by atoms with Crippen LogP contribution >= 0.6 is 0 Å². The largest absolute Gasteiger partial charge is 0.302 e. The molecule has 1 aliphatic heterocycles. The fraction of sp³-hybridized carbons (Fsp3) is 1.00. The van der Waals surface area contributed by atoms with Crippen LogP contribution in [0.2, 0.25) is 0 Å². The van der Waals surface area contributed by atoms with Crippen LogP contribution in [0.25, 0.3) is 0 Å². The predicted octanol–water partition coefficient (Wildman–Crippen LogP) is 1.75. The van der Waals surface area contributed by atoms with Crippen LogP contribution in [0.1, 0.15) is 33.6 Å². The summed E-state index contributed by atoms with van der Waals surface area (Å²) in [5.74, 6) is 0. The van der Waals surface area contributed by atoms with Crippen molar-refractivity contribution in [1.82, 2.24) is 14.7 Å². The maximum Gasteiger partial charge on any atom is 0.0110 e. The van der Waals surface area contributed by atoms with Crippen LogP contribution < -0.4 is 0 Å². The average Bonchev–Trinajstić information content (AvgIpc) is 2.41. The number of likely N-dealkylation sites (N-methyl/N-ethyl adjacent to an activating group) is 3. The van der Waals surface area contributed by atoms with Gasteiger partial charge in [0.25, 0.3) is 0 Å². The van der Waals surface area contributed by atoms with Gasteiger partial charge in [0.2, 0.25) is 0 Å². The zero-order chi connectivity index (χ0) is 12.5. The van der Waals surface area contributed by atoms with E-state index < -0.39 is 0 Å². The molecule has 17 heavy (non-hydrogen) atoms. The standard InChI is InChI=1S/C14H31N3/c1-4-15-9-7-8-10-16(5-2)12-14-17(6-3)13-11-15/h4-14H2,1-3H3. The van der Waals surface area contributed by atoms with Gasteiger partial charge in [-0.1, -0.05) is 20.8 Å². The first-order valence-electron chi connectivity index (χ1n) is 7.47. The minimum Gasteiger partial charge on any atom is -0.302 e. The van der Waals surface area contributed by atoms with Crippen molar-refractivity contribution in [2.45, 2.75) is 33.6 Å². The van der Waals surface area contributed by atoms with Crippen molar-refractivity contribution < 1.29 is 0 Å². The molecule has 0 radical (unpaired) electrons. The van der Waals surface area contributed by atoms with E-state index in [9.17, 15) is 0 Å². The lowest BCUT2D eigenvalue weighted by Crippen LogP contribution is -2.39. The molecule has 0 aromatic carbocycles. The highest BCUT2D eigenvalue weighted by Crippen LogP contribution is 2.02. The lowest BCUT2D eigenvalue weighted by Gasteiger charge is -2.26. The summed E-state index contributed by atoms with van der Waals surface area (Å²) >= 11 is 0. The van der Waals surface area contributed by atoms with Crippen molar-refractivity contribution in [1.29, 1.82) is 0 Å². The molecule has 3 heteroatoms. The van der Waals surface area contributed by atoms with Crippen molar-refractivity contribution in [3.05, 3.63) is 0 Å². The first-order chi connectivity index (χ1) is 8.30. The average molecular weight is 241 g/mol. The Labute approximate surface area is 108 Å². The lowest BCUT2D eigenvalue weighted by atomic mass is 10.2. The highest BCUT2D eigenvalue weighted by Gasteiger charge is 2.11. The van der Waals surface area contributed by atoms with Crippen molar-refractivity contribution in [2.75, 3.05) is 58.9 Å². The molecule has 1 fully saturated rings. The van der Waals surface area contributed by atoms with Crippen LogP contribution in [0.5, 0.6) is 0 Å². The van der Waals surface area contributed by atoms with E-state index in [-0.39, 0.29) is 0 Å².